The first kappa shape index (κ1) is 17.6. The first-order chi connectivity index (χ1) is 14.5. The molecule has 0 radical (unpaired) electrons. The lowest BCUT2D eigenvalue weighted by Crippen LogP contribution is -2.46. The van der Waals surface area contributed by atoms with E-state index in [0.717, 1.165) is 46.0 Å². The maximum absolute atomic E-state index is 13.9. The molecule has 2 unspecified atom stereocenters. The molecule has 148 valence electrons. The van der Waals surface area contributed by atoms with E-state index in [9.17, 15) is 4.79 Å². The van der Waals surface area contributed by atoms with E-state index in [1.165, 1.54) is 0 Å². The molecule has 6 rings (SSSR count). The van der Waals surface area contributed by atoms with Crippen LogP contribution in [0.3, 0.4) is 0 Å². The molecule has 0 amide bonds. The highest BCUT2D eigenvalue weighted by molar-refractivity contribution is 5.94. The van der Waals surface area contributed by atoms with Gasteiger partial charge in [0.25, 0.3) is 0 Å². The molecule has 3 aromatic carbocycles. The summed E-state index contributed by atoms with van der Waals surface area (Å²) < 4.78 is 6.13. The van der Waals surface area contributed by atoms with Crippen molar-refractivity contribution in [1.82, 2.24) is 9.97 Å². The summed E-state index contributed by atoms with van der Waals surface area (Å²) in [6, 6.07) is 21.7. The number of para-hydroxylation sites is 2. The van der Waals surface area contributed by atoms with Gasteiger partial charge in [0.05, 0.1) is 22.4 Å². The maximum atomic E-state index is 13.9. The van der Waals surface area contributed by atoms with Gasteiger partial charge in [-0.3, -0.25) is 4.79 Å². The lowest BCUT2D eigenvalue weighted by Gasteiger charge is -2.35. The van der Waals surface area contributed by atoms with Gasteiger partial charge < -0.3 is 4.74 Å². The van der Waals surface area contributed by atoms with Crippen LogP contribution in [0.15, 0.2) is 66.7 Å². The number of carbonyl (C=O) groups excluding carboxylic acids is 1. The largest absolute Gasteiger partial charge is 0.425 e. The minimum Gasteiger partial charge on any atom is -0.425 e. The van der Waals surface area contributed by atoms with Crippen LogP contribution in [0.25, 0.3) is 21.8 Å². The molecule has 2 atom stereocenters. The average Bonchev–Trinajstić information content (AvgIpc) is 3.14. The molecule has 1 aromatic heterocycles. The van der Waals surface area contributed by atoms with Crippen molar-refractivity contribution in [2.45, 2.75) is 38.0 Å². The number of benzene rings is 3. The first-order valence-electron chi connectivity index (χ1n) is 10.5. The average molecular weight is 394 g/mol. The zero-order valence-electron chi connectivity index (χ0n) is 17.1. The molecule has 4 aromatic rings. The maximum Gasteiger partial charge on any atom is 0.324 e. The molecule has 0 aliphatic heterocycles. The fraction of sp³-hybridized carbons (Fsp3) is 0.269. The number of aromatic nitrogens is 2. The van der Waals surface area contributed by atoms with Crippen LogP contribution in [0.4, 0.5) is 0 Å². The van der Waals surface area contributed by atoms with Crippen LogP contribution in [0, 0.1) is 5.41 Å². The molecule has 0 saturated heterocycles. The summed E-state index contributed by atoms with van der Waals surface area (Å²) in [7, 11) is 0. The summed E-state index contributed by atoms with van der Waals surface area (Å²) in [5.74, 6) is 0.605. The standard InChI is InChI=1S/C26H22N2O2/c1-25(2)18-14-15-26(25,23-22(18)27-19-11-5-6-12-20(19)28-23)24(29)30-21-13-7-9-16-8-3-4-10-17(16)21/h3-13,18H,14-15H2,1-2H3. The Morgan fingerprint density at radius 2 is 1.63 bits per heavy atom. The molecule has 4 heteroatoms. The molecule has 1 heterocycles. The smallest absolute Gasteiger partial charge is 0.324 e. The highest BCUT2D eigenvalue weighted by Gasteiger charge is 2.69. The second kappa shape index (κ2) is 5.88. The Bertz CT molecular complexity index is 1340. The second-order valence-corrected chi connectivity index (χ2v) is 9.03. The van der Waals surface area contributed by atoms with Crippen molar-refractivity contribution < 1.29 is 9.53 Å². The second-order valence-electron chi connectivity index (χ2n) is 9.03. The number of rotatable bonds is 2. The Balaban J connectivity index is 1.51. The van der Waals surface area contributed by atoms with Gasteiger partial charge in [-0.05, 0) is 41.8 Å². The van der Waals surface area contributed by atoms with Crippen LogP contribution in [0.1, 0.15) is 44.0 Å². The number of hydrogen-bond donors (Lipinski definition) is 0. The van der Waals surface area contributed by atoms with Gasteiger partial charge in [0.15, 0.2) is 0 Å². The van der Waals surface area contributed by atoms with E-state index in [2.05, 4.69) is 13.8 Å². The van der Waals surface area contributed by atoms with Gasteiger partial charge in [-0.15, -0.1) is 0 Å². The van der Waals surface area contributed by atoms with Crippen molar-refractivity contribution >= 4 is 27.8 Å². The third-order valence-corrected chi connectivity index (χ3v) is 7.41. The molecule has 2 bridgehead atoms. The molecule has 0 N–H and O–H groups in total. The Morgan fingerprint density at radius 3 is 2.47 bits per heavy atom. The third-order valence-electron chi connectivity index (χ3n) is 7.41. The fourth-order valence-electron chi connectivity index (χ4n) is 5.75. The zero-order valence-corrected chi connectivity index (χ0v) is 17.1. The number of hydrogen-bond acceptors (Lipinski definition) is 4. The molecule has 30 heavy (non-hydrogen) atoms. The van der Waals surface area contributed by atoms with E-state index in [1.807, 2.05) is 66.7 Å². The number of esters is 1. The third kappa shape index (κ3) is 2.08. The summed E-state index contributed by atoms with van der Waals surface area (Å²) in [5, 5.41) is 2.00. The highest BCUT2D eigenvalue weighted by Crippen LogP contribution is 2.67. The van der Waals surface area contributed by atoms with Gasteiger partial charge in [0, 0.05) is 11.3 Å². The summed E-state index contributed by atoms with van der Waals surface area (Å²) in [5.41, 5.74) is 2.43. The predicted octanol–water partition coefficient (Wildman–Crippen LogP) is 5.54. The van der Waals surface area contributed by atoms with E-state index in [1.54, 1.807) is 0 Å². The minimum absolute atomic E-state index is 0.213. The number of nitrogens with zero attached hydrogens (tertiary/aromatic N) is 2. The number of carbonyl (C=O) groups is 1. The molecular formula is C26H22N2O2. The molecule has 2 aliphatic rings. The molecule has 0 spiro atoms. The quantitative estimate of drug-likeness (QED) is 0.331. The molecule has 1 saturated carbocycles. The van der Waals surface area contributed by atoms with Crippen LogP contribution in [0.5, 0.6) is 5.75 Å². The summed E-state index contributed by atoms with van der Waals surface area (Å²) in [6.45, 7) is 4.34. The van der Waals surface area contributed by atoms with Crippen molar-refractivity contribution in [3.63, 3.8) is 0 Å². The van der Waals surface area contributed by atoms with E-state index >= 15 is 0 Å². The molecule has 4 nitrogen and oxygen atoms in total. The lowest BCUT2D eigenvalue weighted by molar-refractivity contribution is -0.144. The topological polar surface area (TPSA) is 52.1 Å². The normalized spacial score (nSPS) is 23.6. The van der Waals surface area contributed by atoms with Crippen LogP contribution in [-0.2, 0) is 10.2 Å². The Hall–Kier alpha value is -3.27. The van der Waals surface area contributed by atoms with E-state index < -0.39 is 5.41 Å². The van der Waals surface area contributed by atoms with E-state index in [4.69, 9.17) is 14.7 Å². The van der Waals surface area contributed by atoms with Crippen molar-refractivity contribution in [2.24, 2.45) is 5.41 Å². The van der Waals surface area contributed by atoms with Crippen molar-refractivity contribution in [3.8, 4) is 5.75 Å². The first-order valence-corrected chi connectivity index (χ1v) is 10.5. The Kier molecular flexibility index (Phi) is 3.45. The SMILES string of the molecule is CC1(C)C2CCC1(C(=O)Oc1cccc3ccccc13)c1nc3ccccc3nc12. The van der Waals surface area contributed by atoms with Crippen LogP contribution >= 0.6 is 0 Å². The lowest BCUT2D eigenvalue weighted by atomic mass is 9.68. The predicted molar refractivity (Wildman–Crippen MR) is 117 cm³/mol. The zero-order chi connectivity index (χ0) is 20.5. The van der Waals surface area contributed by atoms with Gasteiger partial charge in [-0.2, -0.15) is 0 Å². The van der Waals surface area contributed by atoms with Crippen molar-refractivity contribution in [1.29, 1.82) is 0 Å². The van der Waals surface area contributed by atoms with Crippen LogP contribution in [0.2, 0.25) is 0 Å². The van der Waals surface area contributed by atoms with Gasteiger partial charge in [0.1, 0.15) is 11.2 Å². The fourth-order valence-corrected chi connectivity index (χ4v) is 5.75. The molecular weight excluding hydrogens is 372 g/mol. The van der Waals surface area contributed by atoms with Crippen LogP contribution in [-0.4, -0.2) is 15.9 Å². The Labute approximate surface area is 174 Å². The molecule has 2 aliphatic carbocycles. The van der Waals surface area contributed by atoms with E-state index in [0.29, 0.717) is 5.75 Å². The Morgan fingerprint density at radius 1 is 0.933 bits per heavy atom. The number of ether oxygens (including phenoxy) is 1. The molecule has 1 fully saturated rings. The monoisotopic (exact) mass is 394 g/mol. The van der Waals surface area contributed by atoms with Gasteiger partial charge in [-0.25, -0.2) is 9.97 Å². The van der Waals surface area contributed by atoms with Crippen molar-refractivity contribution in [2.75, 3.05) is 0 Å². The van der Waals surface area contributed by atoms with Gasteiger partial charge in [0.2, 0.25) is 0 Å². The van der Waals surface area contributed by atoms with Gasteiger partial charge >= 0.3 is 5.97 Å². The van der Waals surface area contributed by atoms with E-state index in [-0.39, 0.29) is 17.3 Å². The van der Waals surface area contributed by atoms with Crippen molar-refractivity contribution in [3.05, 3.63) is 78.1 Å². The van der Waals surface area contributed by atoms with Crippen LogP contribution < -0.4 is 4.74 Å². The highest BCUT2D eigenvalue weighted by atomic mass is 16.5. The summed E-state index contributed by atoms with van der Waals surface area (Å²) >= 11 is 0. The summed E-state index contributed by atoms with van der Waals surface area (Å²) in [4.78, 5) is 23.8. The summed E-state index contributed by atoms with van der Waals surface area (Å²) in [6.07, 6.45) is 1.67. The minimum atomic E-state index is -0.777. The van der Waals surface area contributed by atoms with Gasteiger partial charge in [-0.1, -0.05) is 62.4 Å². The number of fused-ring (bicyclic) bond motifs is 7.